The standard InChI is InChI=1S/C12H22N4OS/c1-7(2)6-16(8(3)4)12-9(11(17)14-5)10(13)15-18-12/h7-8H,6H2,1-5H3,(H2,13,15)(H,14,17). The van der Waals surface area contributed by atoms with E-state index in [0.29, 0.717) is 23.3 Å². The third-order valence-electron chi connectivity index (χ3n) is 2.60. The van der Waals surface area contributed by atoms with Gasteiger partial charge in [-0.2, -0.15) is 4.37 Å². The van der Waals surface area contributed by atoms with Crippen LogP contribution in [0.3, 0.4) is 0 Å². The Kier molecular flexibility index (Phi) is 4.95. The maximum atomic E-state index is 11.9. The van der Waals surface area contributed by atoms with Gasteiger partial charge < -0.3 is 16.0 Å². The number of aromatic nitrogens is 1. The van der Waals surface area contributed by atoms with Gasteiger partial charge in [0.15, 0.2) is 5.82 Å². The van der Waals surface area contributed by atoms with Crippen molar-refractivity contribution in [3.05, 3.63) is 5.56 Å². The van der Waals surface area contributed by atoms with Crippen LogP contribution in [0.4, 0.5) is 10.8 Å². The second kappa shape index (κ2) is 6.04. The van der Waals surface area contributed by atoms with Crippen LogP contribution in [0, 0.1) is 5.92 Å². The van der Waals surface area contributed by atoms with Gasteiger partial charge in [0.2, 0.25) is 0 Å². The summed E-state index contributed by atoms with van der Waals surface area (Å²) in [5.74, 6) is 0.641. The van der Waals surface area contributed by atoms with Crippen molar-refractivity contribution in [2.24, 2.45) is 5.92 Å². The lowest BCUT2D eigenvalue weighted by Gasteiger charge is -2.29. The molecule has 1 heterocycles. The molecule has 0 atom stereocenters. The van der Waals surface area contributed by atoms with Gasteiger partial charge in [-0.3, -0.25) is 4.79 Å². The van der Waals surface area contributed by atoms with Crippen molar-refractivity contribution in [2.45, 2.75) is 33.7 Å². The van der Waals surface area contributed by atoms with Crippen molar-refractivity contribution in [1.29, 1.82) is 0 Å². The van der Waals surface area contributed by atoms with Gasteiger partial charge in [0.25, 0.3) is 5.91 Å². The molecule has 0 bridgehead atoms. The van der Waals surface area contributed by atoms with E-state index in [0.717, 1.165) is 11.5 Å². The minimum atomic E-state index is -0.175. The number of amides is 1. The number of rotatable bonds is 5. The summed E-state index contributed by atoms with van der Waals surface area (Å²) < 4.78 is 4.11. The average Bonchev–Trinajstić information content (AvgIpc) is 2.66. The molecule has 0 fully saturated rings. The number of hydrogen-bond donors (Lipinski definition) is 2. The number of nitrogens with two attached hydrogens (primary N) is 1. The summed E-state index contributed by atoms with van der Waals surface area (Å²) in [5.41, 5.74) is 6.30. The SMILES string of the molecule is CNC(=O)c1c(N)nsc1N(CC(C)C)C(C)C. The molecule has 1 rings (SSSR count). The van der Waals surface area contributed by atoms with Crippen LogP contribution in [0.2, 0.25) is 0 Å². The summed E-state index contributed by atoms with van der Waals surface area (Å²) in [6.07, 6.45) is 0. The fraction of sp³-hybridized carbons (Fsp3) is 0.667. The Morgan fingerprint density at radius 2 is 2.06 bits per heavy atom. The zero-order chi connectivity index (χ0) is 13.9. The lowest BCUT2D eigenvalue weighted by atomic mass is 10.1. The summed E-state index contributed by atoms with van der Waals surface area (Å²) in [6, 6.07) is 0.302. The molecular weight excluding hydrogens is 248 g/mol. The molecule has 5 nitrogen and oxygen atoms in total. The maximum Gasteiger partial charge on any atom is 0.257 e. The molecule has 0 aliphatic rings. The number of carbonyl (C=O) groups excluding carboxylic acids is 1. The van der Waals surface area contributed by atoms with E-state index in [1.165, 1.54) is 11.5 Å². The van der Waals surface area contributed by atoms with E-state index >= 15 is 0 Å². The van der Waals surface area contributed by atoms with Gasteiger partial charge in [0.1, 0.15) is 10.6 Å². The van der Waals surface area contributed by atoms with Gasteiger partial charge in [-0.15, -0.1) is 0 Å². The van der Waals surface area contributed by atoms with Crippen LogP contribution in [-0.4, -0.2) is 29.9 Å². The first-order chi connectivity index (χ1) is 8.38. The first kappa shape index (κ1) is 14.8. The summed E-state index contributed by atoms with van der Waals surface area (Å²) >= 11 is 1.29. The van der Waals surface area contributed by atoms with Crippen molar-refractivity contribution in [3.63, 3.8) is 0 Å². The van der Waals surface area contributed by atoms with Crippen molar-refractivity contribution >= 4 is 28.3 Å². The Bertz CT molecular complexity index is 414. The number of anilines is 2. The van der Waals surface area contributed by atoms with E-state index in [1.807, 2.05) is 0 Å². The molecule has 18 heavy (non-hydrogen) atoms. The van der Waals surface area contributed by atoms with Crippen LogP contribution >= 0.6 is 11.5 Å². The third kappa shape index (κ3) is 3.13. The highest BCUT2D eigenvalue weighted by molar-refractivity contribution is 7.11. The van der Waals surface area contributed by atoms with Crippen LogP contribution in [-0.2, 0) is 0 Å². The molecule has 0 radical (unpaired) electrons. The van der Waals surface area contributed by atoms with Crippen molar-refractivity contribution in [3.8, 4) is 0 Å². The molecular formula is C12H22N4OS. The Morgan fingerprint density at radius 1 is 1.44 bits per heavy atom. The van der Waals surface area contributed by atoms with E-state index in [1.54, 1.807) is 7.05 Å². The number of nitrogens with one attached hydrogen (secondary N) is 1. The van der Waals surface area contributed by atoms with Crippen LogP contribution in [0.5, 0.6) is 0 Å². The van der Waals surface area contributed by atoms with E-state index in [2.05, 4.69) is 42.3 Å². The highest BCUT2D eigenvalue weighted by Crippen LogP contribution is 2.32. The highest BCUT2D eigenvalue weighted by Gasteiger charge is 2.24. The van der Waals surface area contributed by atoms with E-state index < -0.39 is 0 Å². The number of nitrogen functional groups attached to an aromatic ring is 1. The summed E-state index contributed by atoms with van der Waals surface area (Å²) in [6.45, 7) is 9.39. The summed E-state index contributed by atoms with van der Waals surface area (Å²) in [7, 11) is 1.60. The molecule has 1 aromatic rings. The van der Waals surface area contributed by atoms with Gasteiger partial charge in [0, 0.05) is 19.6 Å². The monoisotopic (exact) mass is 270 g/mol. The van der Waals surface area contributed by atoms with Gasteiger partial charge in [0.05, 0.1) is 0 Å². The zero-order valence-corrected chi connectivity index (χ0v) is 12.5. The van der Waals surface area contributed by atoms with Crippen molar-refractivity contribution in [1.82, 2.24) is 9.69 Å². The van der Waals surface area contributed by atoms with E-state index in [9.17, 15) is 4.79 Å². The molecule has 3 N–H and O–H groups in total. The Hall–Kier alpha value is -1.30. The van der Waals surface area contributed by atoms with Crippen LogP contribution in [0.1, 0.15) is 38.1 Å². The van der Waals surface area contributed by atoms with Gasteiger partial charge in [-0.05, 0) is 31.3 Å². The van der Waals surface area contributed by atoms with Crippen LogP contribution in [0.25, 0.3) is 0 Å². The lowest BCUT2D eigenvalue weighted by Crippen LogP contribution is -2.35. The number of carbonyl (C=O) groups is 1. The molecule has 0 unspecified atom stereocenters. The third-order valence-corrected chi connectivity index (χ3v) is 3.50. The molecule has 0 saturated heterocycles. The highest BCUT2D eigenvalue weighted by atomic mass is 32.1. The summed E-state index contributed by atoms with van der Waals surface area (Å²) in [5, 5.41) is 3.47. The molecule has 0 saturated carbocycles. The fourth-order valence-corrected chi connectivity index (χ4v) is 2.70. The van der Waals surface area contributed by atoms with Gasteiger partial charge in [-0.1, -0.05) is 13.8 Å². The van der Waals surface area contributed by atoms with Gasteiger partial charge >= 0.3 is 0 Å². The summed E-state index contributed by atoms with van der Waals surface area (Å²) in [4.78, 5) is 14.1. The smallest absolute Gasteiger partial charge is 0.257 e. The minimum absolute atomic E-state index is 0.175. The molecule has 1 amide bonds. The number of nitrogens with zero attached hydrogens (tertiary/aromatic N) is 2. The maximum absolute atomic E-state index is 11.9. The second-order valence-corrected chi connectivity index (χ2v) is 5.72. The molecule has 0 spiro atoms. The predicted molar refractivity (Wildman–Crippen MR) is 77.2 cm³/mol. The van der Waals surface area contributed by atoms with Gasteiger partial charge in [-0.25, -0.2) is 0 Å². The normalized spacial score (nSPS) is 11.1. The molecule has 6 heteroatoms. The topological polar surface area (TPSA) is 71.2 Å². The van der Waals surface area contributed by atoms with E-state index in [-0.39, 0.29) is 5.91 Å². The zero-order valence-electron chi connectivity index (χ0n) is 11.7. The quantitative estimate of drug-likeness (QED) is 0.858. The van der Waals surface area contributed by atoms with Crippen molar-refractivity contribution < 1.29 is 4.79 Å². The lowest BCUT2D eigenvalue weighted by molar-refractivity contribution is 0.0964. The van der Waals surface area contributed by atoms with Crippen LogP contribution < -0.4 is 16.0 Å². The second-order valence-electron chi connectivity index (χ2n) is 4.97. The predicted octanol–water partition coefficient (Wildman–Crippen LogP) is 1.96. The molecule has 1 aromatic heterocycles. The molecule has 0 aliphatic carbocycles. The van der Waals surface area contributed by atoms with E-state index in [4.69, 9.17) is 5.73 Å². The molecule has 0 aliphatic heterocycles. The minimum Gasteiger partial charge on any atom is -0.382 e. The Balaban J connectivity index is 3.16. The Labute approximate surface area is 113 Å². The number of hydrogen-bond acceptors (Lipinski definition) is 5. The molecule has 0 aromatic carbocycles. The van der Waals surface area contributed by atoms with Crippen LogP contribution in [0.15, 0.2) is 0 Å². The fourth-order valence-electron chi connectivity index (χ4n) is 1.75. The first-order valence-corrected chi connectivity index (χ1v) is 6.89. The largest absolute Gasteiger partial charge is 0.382 e. The van der Waals surface area contributed by atoms with Crippen molar-refractivity contribution in [2.75, 3.05) is 24.2 Å². The Morgan fingerprint density at radius 3 is 2.50 bits per heavy atom. The molecule has 102 valence electrons. The average molecular weight is 270 g/mol. The first-order valence-electron chi connectivity index (χ1n) is 6.12.